The summed E-state index contributed by atoms with van der Waals surface area (Å²) in [4.78, 5) is 14.0. The van der Waals surface area contributed by atoms with Gasteiger partial charge in [-0.05, 0) is 32.1 Å². The quantitative estimate of drug-likeness (QED) is 0.661. The van der Waals surface area contributed by atoms with E-state index < -0.39 is 0 Å². The maximum atomic E-state index is 12.0. The Hall–Kier alpha value is -0.610. The van der Waals surface area contributed by atoms with Crippen molar-refractivity contribution in [2.75, 3.05) is 32.8 Å². The number of hydrogen-bond donors (Lipinski definition) is 2. The summed E-state index contributed by atoms with van der Waals surface area (Å²) in [5.41, 5.74) is -0.0197. The summed E-state index contributed by atoms with van der Waals surface area (Å²) in [5.74, 6) is 0.273. The van der Waals surface area contributed by atoms with E-state index in [0.29, 0.717) is 6.42 Å². The lowest BCUT2D eigenvalue weighted by molar-refractivity contribution is -0.132. The van der Waals surface area contributed by atoms with Gasteiger partial charge in [-0.2, -0.15) is 0 Å². The highest BCUT2D eigenvalue weighted by atomic mass is 16.3. The van der Waals surface area contributed by atoms with Gasteiger partial charge in [0.25, 0.3) is 0 Å². The standard InChI is InChI=1S/C15H30N2O2/c1-3-15(4-2,13-18)12-16-9-8-14(19)17-10-6-5-7-11-17/h16,18H,3-13H2,1-2H3. The molecule has 1 amide bonds. The first-order chi connectivity index (χ1) is 9.17. The Morgan fingerprint density at radius 3 is 2.37 bits per heavy atom. The van der Waals surface area contributed by atoms with Crippen LogP contribution < -0.4 is 5.32 Å². The van der Waals surface area contributed by atoms with Gasteiger partial charge in [-0.15, -0.1) is 0 Å². The predicted molar refractivity (Wildman–Crippen MR) is 78.0 cm³/mol. The summed E-state index contributed by atoms with van der Waals surface area (Å²) < 4.78 is 0. The van der Waals surface area contributed by atoms with Crippen molar-refractivity contribution in [3.05, 3.63) is 0 Å². The van der Waals surface area contributed by atoms with Gasteiger partial charge in [0.05, 0.1) is 0 Å². The number of hydrogen-bond acceptors (Lipinski definition) is 3. The molecule has 0 aliphatic carbocycles. The Kier molecular flexibility index (Phi) is 7.39. The van der Waals surface area contributed by atoms with E-state index in [9.17, 15) is 9.90 Å². The van der Waals surface area contributed by atoms with Crippen LogP contribution in [-0.4, -0.2) is 48.7 Å². The first-order valence-electron chi connectivity index (χ1n) is 7.77. The molecule has 1 fully saturated rings. The summed E-state index contributed by atoms with van der Waals surface area (Å²) in [6, 6.07) is 0. The molecular weight excluding hydrogens is 240 g/mol. The van der Waals surface area contributed by atoms with Crippen molar-refractivity contribution < 1.29 is 9.90 Å². The van der Waals surface area contributed by atoms with Crippen LogP contribution in [-0.2, 0) is 4.79 Å². The second kappa shape index (κ2) is 8.54. The fourth-order valence-electron chi connectivity index (χ4n) is 2.63. The van der Waals surface area contributed by atoms with E-state index in [0.717, 1.165) is 51.9 Å². The van der Waals surface area contributed by atoms with Crippen LogP contribution in [0.4, 0.5) is 0 Å². The number of rotatable bonds is 8. The van der Waals surface area contributed by atoms with Gasteiger partial charge in [0.2, 0.25) is 5.91 Å². The molecule has 0 saturated carbocycles. The molecular formula is C15H30N2O2. The highest BCUT2D eigenvalue weighted by molar-refractivity contribution is 5.76. The number of nitrogens with zero attached hydrogens (tertiary/aromatic N) is 1. The third-order valence-corrected chi connectivity index (χ3v) is 4.56. The number of aliphatic hydroxyl groups excluding tert-OH is 1. The summed E-state index contributed by atoms with van der Waals surface area (Å²) in [6.07, 6.45) is 6.07. The molecule has 1 aliphatic rings. The number of piperidine rings is 1. The smallest absolute Gasteiger partial charge is 0.223 e. The van der Waals surface area contributed by atoms with Crippen molar-refractivity contribution in [2.45, 2.75) is 52.4 Å². The van der Waals surface area contributed by atoms with Crippen molar-refractivity contribution in [2.24, 2.45) is 5.41 Å². The first kappa shape index (κ1) is 16.4. The molecule has 0 aromatic carbocycles. The van der Waals surface area contributed by atoms with Crippen LogP contribution in [0, 0.1) is 5.41 Å². The monoisotopic (exact) mass is 270 g/mol. The maximum Gasteiger partial charge on any atom is 0.223 e. The van der Waals surface area contributed by atoms with Gasteiger partial charge < -0.3 is 15.3 Å². The van der Waals surface area contributed by atoms with Crippen LogP contribution in [0.25, 0.3) is 0 Å². The van der Waals surface area contributed by atoms with Crippen LogP contribution >= 0.6 is 0 Å². The molecule has 19 heavy (non-hydrogen) atoms. The van der Waals surface area contributed by atoms with Gasteiger partial charge in [-0.1, -0.05) is 13.8 Å². The molecule has 1 rings (SSSR count). The van der Waals surface area contributed by atoms with Gasteiger partial charge in [0.15, 0.2) is 0 Å². The van der Waals surface area contributed by atoms with E-state index in [1.807, 2.05) is 4.90 Å². The van der Waals surface area contributed by atoms with E-state index >= 15 is 0 Å². The molecule has 0 atom stereocenters. The van der Waals surface area contributed by atoms with E-state index in [1.165, 1.54) is 6.42 Å². The van der Waals surface area contributed by atoms with Crippen LogP contribution in [0.3, 0.4) is 0 Å². The third-order valence-electron chi connectivity index (χ3n) is 4.56. The van der Waals surface area contributed by atoms with Gasteiger partial charge in [-0.25, -0.2) is 0 Å². The largest absolute Gasteiger partial charge is 0.396 e. The zero-order valence-electron chi connectivity index (χ0n) is 12.6. The molecule has 1 heterocycles. The van der Waals surface area contributed by atoms with E-state index in [1.54, 1.807) is 0 Å². The molecule has 1 saturated heterocycles. The van der Waals surface area contributed by atoms with Gasteiger partial charge in [0, 0.05) is 44.6 Å². The number of amides is 1. The number of nitrogens with one attached hydrogen (secondary N) is 1. The second-order valence-corrected chi connectivity index (χ2v) is 5.73. The minimum atomic E-state index is -0.0197. The van der Waals surface area contributed by atoms with Gasteiger partial charge >= 0.3 is 0 Å². The molecule has 0 unspecified atom stereocenters. The maximum absolute atomic E-state index is 12.0. The van der Waals surface area contributed by atoms with Crippen molar-refractivity contribution in [3.63, 3.8) is 0 Å². The molecule has 0 spiro atoms. The fourth-order valence-corrected chi connectivity index (χ4v) is 2.63. The van der Waals surface area contributed by atoms with E-state index in [2.05, 4.69) is 19.2 Å². The number of carbonyl (C=O) groups is 1. The average Bonchev–Trinajstić information content (AvgIpc) is 2.49. The van der Waals surface area contributed by atoms with Crippen LogP contribution in [0.5, 0.6) is 0 Å². The Balaban J connectivity index is 2.20. The lowest BCUT2D eigenvalue weighted by Gasteiger charge is -2.30. The number of likely N-dealkylation sites (tertiary alicyclic amines) is 1. The summed E-state index contributed by atoms with van der Waals surface area (Å²) in [5, 5.41) is 12.8. The molecule has 0 aromatic heterocycles. The first-order valence-corrected chi connectivity index (χ1v) is 7.77. The van der Waals surface area contributed by atoms with Gasteiger partial charge in [-0.3, -0.25) is 4.79 Å². The predicted octanol–water partition coefficient (Wildman–Crippen LogP) is 1.78. The Labute approximate surface area is 117 Å². The summed E-state index contributed by atoms with van der Waals surface area (Å²) in [7, 11) is 0. The zero-order chi connectivity index (χ0) is 14.1. The molecule has 1 aliphatic heterocycles. The van der Waals surface area contributed by atoms with Crippen molar-refractivity contribution >= 4 is 5.91 Å². The fraction of sp³-hybridized carbons (Fsp3) is 0.933. The van der Waals surface area contributed by atoms with E-state index in [4.69, 9.17) is 0 Å². The molecule has 0 aromatic rings. The number of aliphatic hydroxyl groups is 1. The minimum Gasteiger partial charge on any atom is -0.396 e. The van der Waals surface area contributed by atoms with Crippen LogP contribution in [0.2, 0.25) is 0 Å². The van der Waals surface area contributed by atoms with Crippen LogP contribution in [0.15, 0.2) is 0 Å². The normalized spacial score (nSPS) is 16.7. The Morgan fingerprint density at radius 2 is 1.84 bits per heavy atom. The topological polar surface area (TPSA) is 52.6 Å². The summed E-state index contributed by atoms with van der Waals surface area (Å²) in [6.45, 7) is 7.82. The SMILES string of the molecule is CCC(CC)(CO)CNCCC(=O)N1CCCCC1. The lowest BCUT2D eigenvalue weighted by atomic mass is 9.83. The van der Waals surface area contributed by atoms with Crippen LogP contribution in [0.1, 0.15) is 52.4 Å². The highest BCUT2D eigenvalue weighted by Gasteiger charge is 2.24. The minimum absolute atomic E-state index is 0.0197. The molecule has 4 nitrogen and oxygen atoms in total. The molecule has 112 valence electrons. The molecule has 0 bridgehead atoms. The van der Waals surface area contributed by atoms with Crippen molar-refractivity contribution in [1.82, 2.24) is 10.2 Å². The van der Waals surface area contributed by atoms with Gasteiger partial charge in [0.1, 0.15) is 0 Å². The number of carbonyl (C=O) groups excluding carboxylic acids is 1. The highest BCUT2D eigenvalue weighted by Crippen LogP contribution is 2.24. The molecule has 2 N–H and O–H groups in total. The molecule has 4 heteroatoms. The lowest BCUT2D eigenvalue weighted by Crippen LogP contribution is -2.40. The van der Waals surface area contributed by atoms with Crippen molar-refractivity contribution in [1.29, 1.82) is 0 Å². The third kappa shape index (κ3) is 5.11. The Bertz CT molecular complexity index is 251. The average molecular weight is 270 g/mol. The van der Waals surface area contributed by atoms with Crippen molar-refractivity contribution in [3.8, 4) is 0 Å². The molecule has 0 radical (unpaired) electrons. The Morgan fingerprint density at radius 1 is 1.21 bits per heavy atom. The summed E-state index contributed by atoms with van der Waals surface area (Å²) >= 11 is 0. The van der Waals surface area contributed by atoms with E-state index in [-0.39, 0.29) is 17.9 Å². The second-order valence-electron chi connectivity index (χ2n) is 5.73. The zero-order valence-corrected chi connectivity index (χ0v) is 12.6.